The van der Waals surface area contributed by atoms with Gasteiger partial charge in [0.25, 0.3) is 0 Å². The second kappa shape index (κ2) is 3.14. The molecule has 0 aliphatic carbocycles. The molecule has 0 fully saturated rings. The molecule has 0 unspecified atom stereocenters. The average Bonchev–Trinajstić information content (AvgIpc) is 2.03. The minimum Gasteiger partial charge on any atom is -0.478 e. The third kappa shape index (κ3) is 2.03. The summed E-state index contributed by atoms with van der Waals surface area (Å²) in [6.45, 7) is 0. The molecular weight excluding hydrogens is 194 g/mol. The summed E-state index contributed by atoms with van der Waals surface area (Å²) < 4.78 is 22.1. The largest absolute Gasteiger partial charge is 0.478 e. The Balaban J connectivity index is 3.46. The minimum atomic E-state index is -3.57. The minimum absolute atomic E-state index is 0.301. The van der Waals surface area contributed by atoms with Crippen molar-refractivity contribution in [3.05, 3.63) is 23.9 Å². The Morgan fingerprint density at radius 3 is 2.54 bits per heavy atom. The van der Waals surface area contributed by atoms with Crippen molar-refractivity contribution in [1.82, 2.24) is 4.98 Å². The van der Waals surface area contributed by atoms with Gasteiger partial charge < -0.3 is 5.11 Å². The van der Waals surface area contributed by atoms with Crippen LogP contribution in [0.15, 0.2) is 23.4 Å². The van der Waals surface area contributed by atoms with E-state index in [-0.39, 0.29) is 5.56 Å². The van der Waals surface area contributed by atoms with Crippen LogP contribution in [-0.2, 0) is 9.84 Å². The van der Waals surface area contributed by atoms with E-state index in [0.29, 0.717) is 0 Å². The summed E-state index contributed by atoms with van der Waals surface area (Å²) in [4.78, 5) is 14.1. The standard InChI is InChI=1S/C7H7NO4S/c1-13(11,12)6-5(7(9)10)3-2-4-8-6/h2-4H,1H3,(H,9,10). The van der Waals surface area contributed by atoms with Gasteiger partial charge in [-0.3, -0.25) is 0 Å². The Bertz CT molecular complexity index is 438. The normalized spacial score (nSPS) is 11.2. The molecule has 0 spiro atoms. The van der Waals surface area contributed by atoms with Gasteiger partial charge in [0.1, 0.15) is 0 Å². The van der Waals surface area contributed by atoms with Crippen molar-refractivity contribution in [2.24, 2.45) is 0 Å². The molecule has 0 aliphatic heterocycles. The summed E-state index contributed by atoms with van der Waals surface area (Å²) in [5.74, 6) is -1.30. The third-order valence-corrected chi connectivity index (χ3v) is 2.38. The maximum absolute atomic E-state index is 11.0. The van der Waals surface area contributed by atoms with E-state index in [1.54, 1.807) is 0 Å². The molecular formula is C7H7NO4S. The van der Waals surface area contributed by atoms with Gasteiger partial charge in [-0.15, -0.1) is 0 Å². The Labute approximate surface area is 75.0 Å². The zero-order chi connectivity index (χ0) is 10.1. The predicted molar refractivity (Wildman–Crippen MR) is 44.3 cm³/mol. The van der Waals surface area contributed by atoms with Gasteiger partial charge in [-0.1, -0.05) is 0 Å². The van der Waals surface area contributed by atoms with Crippen LogP contribution in [0.2, 0.25) is 0 Å². The quantitative estimate of drug-likeness (QED) is 0.738. The molecule has 0 aromatic carbocycles. The number of rotatable bonds is 2. The van der Waals surface area contributed by atoms with E-state index in [0.717, 1.165) is 6.26 Å². The summed E-state index contributed by atoms with van der Waals surface area (Å²) in [7, 11) is -3.57. The molecule has 0 aliphatic rings. The first-order chi connectivity index (χ1) is 5.93. The number of carbonyl (C=O) groups is 1. The highest BCUT2D eigenvalue weighted by molar-refractivity contribution is 7.90. The summed E-state index contributed by atoms with van der Waals surface area (Å²) in [5, 5.41) is 8.22. The average molecular weight is 201 g/mol. The number of pyridine rings is 1. The van der Waals surface area contributed by atoms with E-state index >= 15 is 0 Å². The molecule has 0 atom stereocenters. The highest BCUT2D eigenvalue weighted by Crippen LogP contribution is 2.11. The molecule has 5 nitrogen and oxygen atoms in total. The summed E-state index contributed by atoms with van der Waals surface area (Å²) in [6.07, 6.45) is 2.16. The SMILES string of the molecule is CS(=O)(=O)c1ncccc1C(=O)O. The second-order valence-corrected chi connectivity index (χ2v) is 4.36. The monoisotopic (exact) mass is 201 g/mol. The van der Waals surface area contributed by atoms with Gasteiger partial charge in [0.15, 0.2) is 14.9 Å². The van der Waals surface area contributed by atoms with E-state index in [2.05, 4.69) is 4.98 Å². The van der Waals surface area contributed by atoms with Gasteiger partial charge in [0, 0.05) is 12.5 Å². The van der Waals surface area contributed by atoms with Crippen molar-refractivity contribution in [2.45, 2.75) is 5.03 Å². The van der Waals surface area contributed by atoms with Crippen molar-refractivity contribution >= 4 is 15.8 Å². The Morgan fingerprint density at radius 2 is 2.15 bits per heavy atom. The third-order valence-electron chi connectivity index (χ3n) is 1.35. The van der Waals surface area contributed by atoms with Crippen LogP contribution in [0.1, 0.15) is 10.4 Å². The molecule has 0 bridgehead atoms. The number of aromatic nitrogens is 1. The van der Waals surface area contributed by atoms with Crippen molar-refractivity contribution in [3.63, 3.8) is 0 Å². The molecule has 1 aromatic rings. The fourth-order valence-electron chi connectivity index (χ4n) is 0.849. The Morgan fingerprint density at radius 1 is 1.54 bits per heavy atom. The molecule has 1 rings (SSSR count). The number of carboxylic acids is 1. The van der Waals surface area contributed by atoms with Crippen molar-refractivity contribution in [3.8, 4) is 0 Å². The number of nitrogens with zero attached hydrogens (tertiary/aromatic N) is 1. The van der Waals surface area contributed by atoms with Gasteiger partial charge in [-0.25, -0.2) is 18.2 Å². The molecule has 13 heavy (non-hydrogen) atoms. The number of sulfone groups is 1. The van der Waals surface area contributed by atoms with Crippen LogP contribution in [-0.4, -0.2) is 30.7 Å². The lowest BCUT2D eigenvalue weighted by Gasteiger charge is -2.00. The van der Waals surface area contributed by atoms with Crippen LogP contribution in [0.4, 0.5) is 0 Å². The molecule has 70 valence electrons. The summed E-state index contributed by atoms with van der Waals surface area (Å²) in [6, 6.07) is 2.57. The number of carboxylic acid groups (broad SMARTS) is 1. The lowest BCUT2D eigenvalue weighted by Crippen LogP contribution is -2.09. The summed E-state index contributed by atoms with van der Waals surface area (Å²) in [5.41, 5.74) is -0.301. The van der Waals surface area contributed by atoms with Gasteiger partial charge in [0.2, 0.25) is 0 Å². The van der Waals surface area contributed by atoms with E-state index in [1.807, 2.05) is 0 Å². The molecule has 1 N–H and O–H groups in total. The fourth-order valence-corrected chi connectivity index (χ4v) is 1.66. The Hall–Kier alpha value is -1.43. The second-order valence-electron chi connectivity index (χ2n) is 2.43. The maximum Gasteiger partial charge on any atom is 0.338 e. The summed E-state index contributed by atoms with van der Waals surface area (Å²) >= 11 is 0. The Kier molecular flexibility index (Phi) is 2.33. The van der Waals surface area contributed by atoms with E-state index in [9.17, 15) is 13.2 Å². The zero-order valence-corrected chi connectivity index (χ0v) is 7.58. The zero-order valence-electron chi connectivity index (χ0n) is 6.76. The van der Waals surface area contributed by atoms with E-state index in [4.69, 9.17) is 5.11 Å². The molecule has 0 saturated carbocycles. The molecule has 1 aromatic heterocycles. The fraction of sp³-hybridized carbons (Fsp3) is 0.143. The van der Waals surface area contributed by atoms with Crippen LogP contribution in [0.3, 0.4) is 0 Å². The molecule has 0 saturated heterocycles. The first kappa shape index (κ1) is 9.66. The number of aromatic carboxylic acids is 1. The van der Waals surface area contributed by atoms with Crippen LogP contribution in [0.25, 0.3) is 0 Å². The van der Waals surface area contributed by atoms with Gasteiger partial charge in [-0.2, -0.15) is 0 Å². The van der Waals surface area contributed by atoms with Crippen LogP contribution in [0, 0.1) is 0 Å². The smallest absolute Gasteiger partial charge is 0.338 e. The number of hydrogen-bond acceptors (Lipinski definition) is 4. The van der Waals surface area contributed by atoms with Crippen molar-refractivity contribution in [1.29, 1.82) is 0 Å². The highest BCUT2D eigenvalue weighted by Gasteiger charge is 2.18. The lowest BCUT2D eigenvalue weighted by atomic mass is 10.3. The molecule has 1 heterocycles. The molecule has 0 radical (unpaired) electrons. The van der Waals surface area contributed by atoms with Crippen LogP contribution in [0.5, 0.6) is 0 Å². The van der Waals surface area contributed by atoms with Crippen molar-refractivity contribution < 1.29 is 18.3 Å². The van der Waals surface area contributed by atoms with Gasteiger partial charge in [-0.05, 0) is 12.1 Å². The first-order valence-corrected chi connectivity index (χ1v) is 5.20. The lowest BCUT2D eigenvalue weighted by molar-refractivity contribution is 0.0691. The topological polar surface area (TPSA) is 84.3 Å². The molecule has 0 amide bonds. The van der Waals surface area contributed by atoms with Crippen LogP contribution < -0.4 is 0 Å². The van der Waals surface area contributed by atoms with Crippen LogP contribution >= 0.6 is 0 Å². The predicted octanol–water partition coefficient (Wildman–Crippen LogP) is 0.183. The number of hydrogen-bond donors (Lipinski definition) is 1. The first-order valence-electron chi connectivity index (χ1n) is 3.31. The molecule has 6 heteroatoms. The van der Waals surface area contributed by atoms with Gasteiger partial charge >= 0.3 is 5.97 Å². The van der Waals surface area contributed by atoms with Crippen molar-refractivity contribution in [2.75, 3.05) is 6.26 Å². The van der Waals surface area contributed by atoms with E-state index < -0.39 is 20.8 Å². The van der Waals surface area contributed by atoms with Gasteiger partial charge in [0.05, 0.1) is 5.56 Å². The maximum atomic E-state index is 11.0. The van der Waals surface area contributed by atoms with E-state index in [1.165, 1.54) is 18.3 Å². The highest BCUT2D eigenvalue weighted by atomic mass is 32.2.